The lowest BCUT2D eigenvalue weighted by Gasteiger charge is -2.18. The van der Waals surface area contributed by atoms with Crippen molar-refractivity contribution in [1.82, 2.24) is 30.0 Å². The Hall–Kier alpha value is -2.71. The van der Waals surface area contributed by atoms with Crippen LogP contribution in [0.2, 0.25) is 0 Å². The molecule has 162 valence electrons. The molecule has 2 unspecified atom stereocenters. The second-order valence-electron chi connectivity index (χ2n) is 7.76. The largest absolute Gasteiger partial charge is 0.351 e. The summed E-state index contributed by atoms with van der Waals surface area (Å²) < 4.78 is 2.04. The minimum Gasteiger partial charge on any atom is -0.351 e. The highest BCUT2D eigenvalue weighted by atomic mass is 32.2. The fourth-order valence-electron chi connectivity index (χ4n) is 3.84. The van der Waals surface area contributed by atoms with Crippen molar-refractivity contribution >= 4 is 17.7 Å². The molecule has 7 nitrogen and oxygen atoms in total. The topological polar surface area (TPSA) is 75.9 Å². The van der Waals surface area contributed by atoms with Crippen LogP contribution in [0.15, 0.2) is 60.0 Å². The van der Waals surface area contributed by atoms with Crippen LogP contribution in [-0.2, 0) is 17.9 Å². The molecule has 0 saturated carbocycles. The number of likely N-dealkylation sites (tertiary alicyclic amines) is 1. The molecule has 4 rings (SSSR count). The van der Waals surface area contributed by atoms with Gasteiger partial charge in [0.05, 0.1) is 5.25 Å². The molecule has 2 atom stereocenters. The number of aromatic nitrogens is 4. The molecule has 1 aromatic carbocycles. The second-order valence-corrected chi connectivity index (χ2v) is 9.07. The number of rotatable bonds is 8. The minimum absolute atomic E-state index is 0.0488. The van der Waals surface area contributed by atoms with E-state index >= 15 is 0 Å². The van der Waals surface area contributed by atoms with Gasteiger partial charge in [-0.1, -0.05) is 42.1 Å². The zero-order valence-corrected chi connectivity index (χ0v) is 18.8. The molecule has 0 radical (unpaired) electrons. The van der Waals surface area contributed by atoms with E-state index in [1.54, 1.807) is 12.4 Å². The maximum atomic E-state index is 12.8. The predicted molar refractivity (Wildman–Crippen MR) is 123 cm³/mol. The Morgan fingerprint density at radius 1 is 1.19 bits per heavy atom. The SMILES string of the molecule is CCn1c(SC(C)C(=O)NC2CCN(Cc3ccccc3)C2)nnc1-c1ccncc1. The van der Waals surface area contributed by atoms with Crippen molar-refractivity contribution in [2.75, 3.05) is 13.1 Å². The van der Waals surface area contributed by atoms with Gasteiger partial charge in [-0.2, -0.15) is 0 Å². The summed E-state index contributed by atoms with van der Waals surface area (Å²) in [5, 5.41) is 12.4. The van der Waals surface area contributed by atoms with Gasteiger partial charge in [0.2, 0.25) is 5.91 Å². The van der Waals surface area contributed by atoms with E-state index in [0.29, 0.717) is 0 Å². The van der Waals surface area contributed by atoms with Crippen LogP contribution in [0.1, 0.15) is 25.8 Å². The molecule has 0 aliphatic carbocycles. The fourth-order valence-corrected chi connectivity index (χ4v) is 4.76. The predicted octanol–water partition coefficient (Wildman–Crippen LogP) is 3.23. The summed E-state index contributed by atoms with van der Waals surface area (Å²) in [5.74, 6) is 0.847. The molecule has 3 aromatic rings. The highest BCUT2D eigenvalue weighted by Crippen LogP contribution is 2.27. The number of nitrogens with zero attached hydrogens (tertiary/aromatic N) is 5. The molecule has 0 spiro atoms. The number of hydrogen-bond donors (Lipinski definition) is 1. The van der Waals surface area contributed by atoms with E-state index in [1.165, 1.54) is 17.3 Å². The number of nitrogens with one attached hydrogen (secondary N) is 1. The minimum atomic E-state index is -0.247. The van der Waals surface area contributed by atoms with Gasteiger partial charge in [-0.15, -0.1) is 10.2 Å². The molecule has 1 aliphatic heterocycles. The van der Waals surface area contributed by atoms with Crippen molar-refractivity contribution in [2.24, 2.45) is 0 Å². The lowest BCUT2D eigenvalue weighted by Crippen LogP contribution is -2.40. The lowest BCUT2D eigenvalue weighted by atomic mass is 10.2. The van der Waals surface area contributed by atoms with Gasteiger partial charge in [0.25, 0.3) is 0 Å². The first-order valence-electron chi connectivity index (χ1n) is 10.7. The summed E-state index contributed by atoms with van der Waals surface area (Å²) in [6.45, 7) is 7.53. The molecule has 1 aliphatic rings. The van der Waals surface area contributed by atoms with Gasteiger partial charge in [0.1, 0.15) is 0 Å². The zero-order chi connectivity index (χ0) is 21.6. The third-order valence-corrected chi connectivity index (χ3v) is 6.57. The van der Waals surface area contributed by atoms with Crippen LogP contribution in [0.25, 0.3) is 11.4 Å². The fraction of sp³-hybridized carbons (Fsp3) is 0.391. The van der Waals surface area contributed by atoms with Crippen LogP contribution in [-0.4, -0.2) is 54.9 Å². The molecule has 8 heteroatoms. The first-order chi connectivity index (χ1) is 15.1. The molecule has 1 saturated heterocycles. The van der Waals surface area contributed by atoms with Gasteiger partial charge in [-0.25, -0.2) is 0 Å². The van der Waals surface area contributed by atoms with Crippen LogP contribution in [0.4, 0.5) is 0 Å². The number of hydrogen-bond acceptors (Lipinski definition) is 6. The summed E-state index contributed by atoms with van der Waals surface area (Å²) >= 11 is 1.45. The van der Waals surface area contributed by atoms with Gasteiger partial charge >= 0.3 is 0 Å². The molecule has 31 heavy (non-hydrogen) atoms. The molecule has 0 bridgehead atoms. The normalized spacial score (nSPS) is 17.5. The van der Waals surface area contributed by atoms with Crippen molar-refractivity contribution in [1.29, 1.82) is 0 Å². The Labute approximate surface area is 187 Å². The van der Waals surface area contributed by atoms with Crippen LogP contribution >= 0.6 is 11.8 Å². The molecule has 1 amide bonds. The maximum Gasteiger partial charge on any atom is 0.233 e. The smallest absolute Gasteiger partial charge is 0.233 e. The van der Waals surface area contributed by atoms with Crippen molar-refractivity contribution in [2.45, 2.75) is 49.8 Å². The van der Waals surface area contributed by atoms with Crippen LogP contribution in [0.3, 0.4) is 0 Å². The standard InChI is InChI=1S/C23H28N6OS/c1-3-29-21(19-9-12-24-13-10-19)26-27-23(29)31-17(2)22(30)25-20-11-14-28(16-20)15-18-7-5-4-6-8-18/h4-10,12-13,17,20H,3,11,14-16H2,1-2H3,(H,25,30). The van der Waals surface area contributed by atoms with Gasteiger partial charge in [0, 0.05) is 50.2 Å². The first kappa shape index (κ1) is 21.5. The number of carbonyl (C=O) groups is 1. The Morgan fingerprint density at radius 2 is 1.97 bits per heavy atom. The van der Waals surface area contributed by atoms with E-state index in [4.69, 9.17) is 0 Å². The highest BCUT2D eigenvalue weighted by Gasteiger charge is 2.27. The van der Waals surface area contributed by atoms with E-state index in [2.05, 4.69) is 56.6 Å². The molecule has 2 aromatic heterocycles. The molecular formula is C23H28N6OS. The summed E-state index contributed by atoms with van der Waals surface area (Å²) in [5.41, 5.74) is 2.28. The van der Waals surface area contributed by atoms with E-state index in [1.807, 2.05) is 29.7 Å². The van der Waals surface area contributed by atoms with E-state index in [-0.39, 0.29) is 17.2 Å². The Bertz CT molecular complexity index is 994. The molecule has 3 heterocycles. The summed E-state index contributed by atoms with van der Waals surface area (Å²) in [6.07, 6.45) is 4.47. The van der Waals surface area contributed by atoms with E-state index in [9.17, 15) is 4.79 Å². The number of amides is 1. The Balaban J connectivity index is 1.33. The van der Waals surface area contributed by atoms with Gasteiger partial charge < -0.3 is 9.88 Å². The number of benzene rings is 1. The van der Waals surface area contributed by atoms with Crippen LogP contribution < -0.4 is 5.32 Å². The Kier molecular flexibility index (Phi) is 6.99. The summed E-state index contributed by atoms with van der Waals surface area (Å²) in [7, 11) is 0. The average Bonchev–Trinajstić information content (AvgIpc) is 3.41. The quantitative estimate of drug-likeness (QED) is 0.547. The van der Waals surface area contributed by atoms with Crippen molar-refractivity contribution in [3.63, 3.8) is 0 Å². The summed E-state index contributed by atoms with van der Waals surface area (Å²) in [6, 6.07) is 14.5. The van der Waals surface area contributed by atoms with Crippen molar-refractivity contribution in [3.05, 3.63) is 60.4 Å². The highest BCUT2D eigenvalue weighted by molar-refractivity contribution is 8.00. The van der Waals surface area contributed by atoms with Crippen molar-refractivity contribution < 1.29 is 4.79 Å². The number of pyridine rings is 1. The van der Waals surface area contributed by atoms with Crippen LogP contribution in [0, 0.1) is 0 Å². The second kappa shape index (κ2) is 10.1. The third kappa shape index (κ3) is 5.32. The average molecular weight is 437 g/mol. The lowest BCUT2D eigenvalue weighted by molar-refractivity contribution is -0.120. The van der Waals surface area contributed by atoms with Gasteiger partial charge in [-0.05, 0) is 38.0 Å². The molecular weight excluding hydrogens is 408 g/mol. The Morgan fingerprint density at radius 3 is 2.71 bits per heavy atom. The van der Waals surface area contributed by atoms with Gasteiger partial charge in [-0.3, -0.25) is 14.7 Å². The summed E-state index contributed by atoms with van der Waals surface area (Å²) in [4.78, 5) is 19.3. The van der Waals surface area contributed by atoms with E-state index in [0.717, 1.165) is 49.1 Å². The van der Waals surface area contributed by atoms with Crippen molar-refractivity contribution in [3.8, 4) is 11.4 Å². The van der Waals surface area contributed by atoms with Crippen LogP contribution in [0.5, 0.6) is 0 Å². The van der Waals surface area contributed by atoms with Gasteiger partial charge in [0.15, 0.2) is 11.0 Å². The number of carbonyl (C=O) groups excluding carboxylic acids is 1. The maximum absolute atomic E-state index is 12.8. The number of thioether (sulfide) groups is 1. The first-order valence-corrected chi connectivity index (χ1v) is 11.6. The molecule has 1 N–H and O–H groups in total. The zero-order valence-electron chi connectivity index (χ0n) is 17.9. The van der Waals surface area contributed by atoms with E-state index < -0.39 is 0 Å². The monoisotopic (exact) mass is 436 g/mol. The molecule has 1 fully saturated rings. The third-order valence-electron chi connectivity index (χ3n) is 5.49.